The van der Waals surface area contributed by atoms with Gasteiger partial charge in [0.1, 0.15) is 18.5 Å². The van der Waals surface area contributed by atoms with Crippen molar-refractivity contribution in [3.8, 4) is 5.75 Å². The third kappa shape index (κ3) is 4.33. The minimum Gasteiger partial charge on any atom is -0.490 e. The van der Waals surface area contributed by atoms with Crippen LogP contribution in [0.25, 0.3) is 0 Å². The molecule has 4 unspecified atom stereocenters. The average Bonchev–Trinajstić information content (AvgIpc) is 3.05. The van der Waals surface area contributed by atoms with E-state index >= 15 is 0 Å². The molecule has 1 aromatic rings. The zero-order valence-electron chi connectivity index (χ0n) is 19.4. The summed E-state index contributed by atoms with van der Waals surface area (Å²) in [5, 5.41) is 0. The molecule has 4 atom stereocenters. The molecule has 0 bridgehead atoms. The number of amides is 1. The number of benzene rings is 1. The van der Waals surface area contributed by atoms with Gasteiger partial charge in [-0.3, -0.25) is 9.59 Å². The lowest BCUT2D eigenvalue weighted by Gasteiger charge is -2.37. The van der Waals surface area contributed by atoms with E-state index in [9.17, 15) is 9.59 Å². The van der Waals surface area contributed by atoms with Gasteiger partial charge in [-0.15, -0.1) is 0 Å². The molecule has 32 heavy (non-hydrogen) atoms. The number of nitrogens with zero attached hydrogens (tertiary/aromatic N) is 2. The van der Waals surface area contributed by atoms with Crippen LogP contribution < -0.4 is 4.74 Å². The summed E-state index contributed by atoms with van der Waals surface area (Å²) in [5.41, 5.74) is 1.42. The summed E-state index contributed by atoms with van der Waals surface area (Å²) >= 11 is 0. The number of fused-ring (bicyclic) bond motifs is 1. The average molecular weight is 439 g/mol. The van der Waals surface area contributed by atoms with E-state index in [-0.39, 0.29) is 29.5 Å². The molecule has 6 nitrogen and oxygen atoms in total. The van der Waals surface area contributed by atoms with E-state index in [1.165, 1.54) is 0 Å². The normalized spacial score (nSPS) is 27.3. The molecule has 4 rings (SSSR count). The Bertz CT molecular complexity index is 922. The van der Waals surface area contributed by atoms with E-state index in [0.717, 1.165) is 37.8 Å². The highest BCUT2D eigenvalue weighted by molar-refractivity contribution is 6.11. The molecule has 6 heteroatoms. The van der Waals surface area contributed by atoms with E-state index in [0.29, 0.717) is 30.4 Å². The maximum atomic E-state index is 13.7. The standard InChI is InChI=1S/C26H34N2O4/c1-5-14-31-19-9-6-8-18(16-19)23-22-24(29)20-15-17(2)10-11-21(20)32-25(22)26(30)28(23)13-7-12-27(3)4/h5-6,8-9,16-17,20-21,23H,1,7,10-15H2,2-4H3. The molecule has 1 saturated carbocycles. The van der Waals surface area contributed by atoms with E-state index in [2.05, 4.69) is 18.4 Å². The summed E-state index contributed by atoms with van der Waals surface area (Å²) in [6, 6.07) is 7.26. The van der Waals surface area contributed by atoms with Crippen molar-refractivity contribution in [2.75, 3.05) is 33.8 Å². The second-order valence-corrected chi connectivity index (χ2v) is 9.52. The van der Waals surface area contributed by atoms with Gasteiger partial charge in [0.2, 0.25) is 0 Å². The summed E-state index contributed by atoms with van der Waals surface area (Å²) in [5.74, 6) is 1.24. The van der Waals surface area contributed by atoms with Crippen LogP contribution in [0.15, 0.2) is 48.3 Å². The monoisotopic (exact) mass is 438 g/mol. The second kappa shape index (κ2) is 9.49. The van der Waals surface area contributed by atoms with Crippen LogP contribution in [0.3, 0.4) is 0 Å². The summed E-state index contributed by atoms with van der Waals surface area (Å²) in [6.07, 6.45) is 5.03. The van der Waals surface area contributed by atoms with Crippen LogP contribution in [-0.4, -0.2) is 61.4 Å². The SMILES string of the molecule is C=CCOc1cccc(C2C3=C(OC4CCC(C)CC4C3=O)C(=O)N2CCCN(C)C)c1. The lowest BCUT2D eigenvalue weighted by Crippen LogP contribution is -2.41. The van der Waals surface area contributed by atoms with Crippen LogP contribution in [0.1, 0.15) is 44.2 Å². The van der Waals surface area contributed by atoms with Crippen molar-refractivity contribution < 1.29 is 19.1 Å². The summed E-state index contributed by atoms with van der Waals surface area (Å²) in [4.78, 5) is 31.1. The van der Waals surface area contributed by atoms with Gasteiger partial charge in [-0.2, -0.15) is 0 Å². The van der Waals surface area contributed by atoms with Gasteiger partial charge in [0, 0.05) is 6.54 Å². The molecule has 1 amide bonds. The fraction of sp³-hybridized carbons (Fsp3) is 0.538. The molecule has 1 aromatic carbocycles. The highest BCUT2D eigenvalue weighted by Gasteiger charge is 2.52. The molecule has 0 saturated heterocycles. The molecule has 2 heterocycles. The number of carbonyl (C=O) groups is 2. The zero-order valence-corrected chi connectivity index (χ0v) is 19.4. The topological polar surface area (TPSA) is 59.1 Å². The minimum atomic E-state index is -0.433. The van der Waals surface area contributed by atoms with Gasteiger partial charge in [0.15, 0.2) is 11.5 Å². The molecule has 0 spiro atoms. The summed E-state index contributed by atoms with van der Waals surface area (Å²) < 4.78 is 12.0. The van der Waals surface area contributed by atoms with E-state index in [1.807, 2.05) is 43.3 Å². The molecule has 3 aliphatic rings. The molecule has 0 N–H and O–H groups in total. The van der Waals surface area contributed by atoms with Gasteiger partial charge in [-0.1, -0.05) is 31.7 Å². The van der Waals surface area contributed by atoms with Gasteiger partial charge >= 0.3 is 0 Å². The molecular weight excluding hydrogens is 404 g/mol. The van der Waals surface area contributed by atoms with Crippen LogP contribution in [0.4, 0.5) is 0 Å². The predicted octanol–water partition coefficient (Wildman–Crippen LogP) is 3.74. The first kappa shape index (κ1) is 22.6. The van der Waals surface area contributed by atoms with Crippen LogP contribution in [-0.2, 0) is 14.3 Å². The zero-order chi connectivity index (χ0) is 22.8. The third-order valence-corrected chi connectivity index (χ3v) is 6.75. The van der Waals surface area contributed by atoms with Crippen molar-refractivity contribution in [2.24, 2.45) is 11.8 Å². The van der Waals surface area contributed by atoms with Gasteiger partial charge in [0.25, 0.3) is 5.91 Å². The van der Waals surface area contributed by atoms with E-state index in [4.69, 9.17) is 9.47 Å². The molecule has 0 aromatic heterocycles. The summed E-state index contributed by atoms with van der Waals surface area (Å²) in [6.45, 7) is 7.72. The van der Waals surface area contributed by atoms with Crippen molar-refractivity contribution in [3.05, 3.63) is 53.8 Å². The van der Waals surface area contributed by atoms with Crippen molar-refractivity contribution in [1.29, 1.82) is 0 Å². The number of ketones is 1. The van der Waals surface area contributed by atoms with Crippen LogP contribution in [0, 0.1) is 11.8 Å². The van der Waals surface area contributed by atoms with E-state index < -0.39 is 6.04 Å². The lowest BCUT2D eigenvalue weighted by atomic mass is 9.74. The highest BCUT2D eigenvalue weighted by Crippen LogP contribution is 2.47. The number of ether oxygens (including phenoxy) is 2. The van der Waals surface area contributed by atoms with Crippen molar-refractivity contribution >= 4 is 11.7 Å². The fourth-order valence-electron chi connectivity index (χ4n) is 5.19. The Morgan fingerprint density at radius 2 is 2.09 bits per heavy atom. The fourth-order valence-corrected chi connectivity index (χ4v) is 5.19. The van der Waals surface area contributed by atoms with Crippen molar-refractivity contribution in [3.63, 3.8) is 0 Å². The predicted molar refractivity (Wildman–Crippen MR) is 123 cm³/mol. The molecule has 1 aliphatic carbocycles. The maximum absolute atomic E-state index is 13.7. The minimum absolute atomic E-state index is 0.0914. The smallest absolute Gasteiger partial charge is 0.290 e. The highest BCUT2D eigenvalue weighted by atomic mass is 16.5. The Balaban J connectivity index is 1.70. The summed E-state index contributed by atoms with van der Waals surface area (Å²) in [7, 11) is 4.04. The van der Waals surface area contributed by atoms with Crippen molar-refractivity contribution in [1.82, 2.24) is 9.80 Å². The van der Waals surface area contributed by atoms with Gasteiger partial charge in [0.05, 0.1) is 17.5 Å². The number of hydrogen-bond acceptors (Lipinski definition) is 5. The third-order valence-electron chi connectivity index (χ3n) is 6.75. The van der Waals surface area contributed by atoms with Crippen LogP contribution in [0.2, 0.25) is 0 Å². The molecule has 2 aliphatic heterocycles. The Labute approximate surface area is 190 Å². The van der Waals surface area contributed by atoms with E-state index in [1.54, 1.807) is 6.08 Å². The molecule has 1 fully saturated rings. The van der Waals surface area contributed by atoms with Crippen LogP contribution in [0.5, 0.6) is 5.75 Å². The lowest BCUT2D eigenvalue weighted by molar-refractivity contribution is -0.136. The maximum Gasteiger partial charge on any atom is 0.290 e. The number of rotatable bonds is 8. The van der Waals surface area contributed by atoms with Crippen LogP contribution >= 0.6 is 0 Å². The number of carbonyl (C=O) groups excluding carboxylic acids is 2. The van der Waals surface area contributed by atoms with Crippen molar-refractivity contribution in [2.45, 2.75) is 44.8 Å². The van der Waals surface area contributed by atoms with Gasteiger partial charge < -0.3 is 19.3 Å². The molecule has 0 radical (unpaired) electrons. The number of Topliss-reactive ketones (excluding diaryl/α,β-unsaturated/α-hetero) is 1. The Kier molecular flexibility index (Phi) is 6.70. The molecular formula is C26H34N2O4. The number of hydrogen-bond donors (Lipinski definition) is 0. The molecule has 172 valence electrons. The first-order valence-corrected chi connectivity index (χ1v) is 11.6. The Hall–Kier alpha value is -2.60. The first-order chi connectivity index (χ1) is 15.4. The Morgan fingerprint density at radius 3 is 2.84 bits per heavy atom. The van der Waals surface area contributed by atoms with Gasteiger partial charge in [-0.25, -0.2) is 0 Å². The quantitative estimate of drug-likeness (QED) is 0.579. The van der Waals surface area contributed by atoms with Gasteiger partial charge in [-0.05, 0) is 69.9 Å². The first-order valence-electron chi connectivity index (χ1n) is 11.6. The Morgan fingerprint density at radius 1 is 1.28 bits per heavy atom. The largest absolute Gasteiger partial charge is 0.490 e. The second-order valence-electron chi connectivity index (χ2n) is 9.52.